The SMILES string of the molecule is Cc1nn(CCc2nccn2C)c(C)c1C(C)Cl. The molecule has 1 atom stereocenters. The third-order valence-electron chi connectivity index (χ3n) is 3.30. The summed E-state index contributed by atoms with van der Waals surface area (Å²) in [5, 5.41) is 4.56. The summed E-state index contributed by atoms with van der Waals surface area (Å²) < 4.78 is 4.06. The van der Waals surface area contributed by atoms with Gasteiger partial charge in [0.25, 0.3) is 0 Å². The average Bonchev–Trinajstić information content (AvgIpc) is 2.80. The van der Waals surface area contributed by atoms with Gasteiger partial charge < -0.3 is 4.57 Å². The molecule has 98 valence electrons. The summed E-state index contributed by atoms with van der Waals surface area (Å²) in [5.74, 6) is 1.07. The minimum atomic E-state index is 0.00640. The standard InChI is InChI=1S/C13H19ClN4/c1-9(14)13-10(2)16-18(11(13)3)7-5-12-15-6-8-17(12)4/h6,8-9H,5,7H2,1-4H3. The molecule has 5 heteroatoms. The summed E-state index contributed by atoms with van der Waals surface area (Å²) in [6.45, 7) is 6.91. The first-order valence-corrected chi connectivity index (χ1v) is 6.58. The Bertz CT molecular complexity index is 539. The molecule has 0 aliphatic rings. The molecule has 0 aromatic carbocycles. The van der Waals surface area contributed by atoms with Gasteiger partial charge in [0.1, 0.15) is 5.82 Å². The Balaban J connectivity index is 2.16. The molecule has 0 aliphatic heterocycles. The summed E-state index contributed by atoms with van der Waals surface area (Å²) in [5.41, 5.74) is 3.33. The Labute approximate surface area is 113 Å². The molecular formula is C13H19ClN4. The normalized spacial score (nSPS) is 12.9. The van der Waals surface area contributed by atoms with Crippen LogP contribution in [0.25, 0.3) is 0 Å². The van der Waals surface area contributed by atoms with Crippen LogP contribution in [0.1, 0.15) is 35.1 Å². The minimum Gasteiger partial charge on any atom is -0.338 e. The molecule has 0 saturated heterocycles. The highest BCUT2D eigenvalue weighted by molar-refractivity contribution is 6.20. The lowest BCUT2D eigenvalue weighted by atomic mass is 10.1. The van der Waals surface area contributed by atoms with Crippen LogP contribution in [0.3, 0.4) is 0 Å². The van der Waals surface area contributed by atoms with Gasteiger partial charge in [-0.25, -0.2) is 4.98 Å². The number of hydrogen-bond acceptors (Lipinski definition) is 2. The first kappa shape index (κ1) is 13.1. The lowest BCUT2D eigenvalue weighted by molar-refractivity contribution is 0.572. The van der Waals surface area contributed by atoms with E-state index in [1.165, 1.54) is 0 Å². The van der Waals surface area contributed by atoms with Gasteiger partial charge in [0, 0.05) is 43.7 Å². The fourth-order valence-electron chi connectivity index (χ4n) is 2.35. The zero-order valence-electron chi connectivity index (χ0n) is 11.3. The summed E-state index contributed by atoms with van der Waals surface area (Å²) in [7, 11) is 2.01. The molecule has 2 rings (SSSR count). The second-order valence-electron chi connectivity index (χ2n) is 4.63. The fraction of sp³-hybridized carbons (Fsp3) is 0.538. The van der Waals surface area contributed by atoms with Crippen molar-refractivity contribution in [2.45, 2.75) is 39.1 Å². The Hall–Kier alpha value is -1.29. The molecule has 2 heterocycles. The van der Waals surface area contributed by atoms with E-state index in [0.717, 1.165) is 35.7 Å². The van der Waals surface area contributed by atoms with Gasteiger partial charge in [0.05, 0.1) is 11.1 Å². The maximum Gasteiger partial charge on any atom is 0.110 e. The van der Waals surface area contributed by atoms with Crippen LogP contribution in [0, 0.1) is 13.8 Å². The molecular weight excluding hydrogens is 248 g/mol. The van der Waals surface area contributed by atoms with Crippen LogP contribution in [0.4, 0.5) is 0 Å². The molecule has 2 aromatic rings. The lowest BCUT2D eigenvalue weighted by Crippen LogP contribution is -2.08. The molecule has 0 saturated carbocycles. The summed E-state index contributed by atoms with van der Waals surface area (Å²) in [6, 6.07) is 0. The largest absolute Gasteiger partial charge is 0.338 e. The Morgan fingerprint density at radius 3 is 2.61 bits per heavy atom. The molecule has 0 bridgehead atoms. The van der Waals surface area contributed by atoms with E-state index in [0.29, 0.717) is 0 Å². The summed E-state index contributed by atoms with van der Waals surface area (Å²) >= 11 is 6.18. The van der Waals surface area contributed by atoms with E-state index in [1.54, 1.807) is 0 Å². The van der Waals surface area contributed by atoms with Crippen molar-refractivity contribution >= 4 is 11.6 Å². The van der Waals surface area contributed by atoms with E-state index in [1.807, 2.05) is 42.5 Å². The topological polar surface area (TPSA) is 35.6 Å². The predicted molar refractivity (Wildman–Crippen MR) is 72.9 cm³/mol. The summed E-state index contributed by atoms with van der Waals surface area (Å²) in [4.78, 5) is 4.32. The molecule has 0 fully saturated rings. The van der Waals surface area contributed by atoms with Crippen LogP contribution < -0.4 is 0 Å². The van der Waals surface area contributed by atoms with Crippen LogP contribution >= 0.6 is 11.6 Å². The Morgan fingerprint density at radius 2 is 2.11 bits per heavy atom. The van der Waals surface area contributed by atoms with Gasteiger partial charge in [-0.3, -0.25) is 4.68 Å². The maximum atomic E-state index is 6.18. The second kappa shape index (κ2) is 5.14. The van der Waals surface area contributed by atoms with Crippen molar-refractivity contribution in [1.82, 2.24) is 19.3 Å². The van der Waals surface area contributed by atoms with Crippen LogP contribution in [-0.4, -0.2) is 19.3 Å². The van der Waals surface area contributed by atoms with Gasteiger partial charge in [0.2, 0.25) is 0 Å². The third kappa shape index (κ3) is 2.43. The highest BCUT2D eigenvalue weighted by atomic mass is 35.5. The molecule has 0 aliphatic carbocycles. The highest BCUT2D eigenvalue weighted by Crippen LogP contribution is 2.26. The highest BCUT2D eigenvalue weighted by Gasteiger charge is 2.15. The van der Waals surface area contributed by atoms with Gasteiger partial charge in [-0.2, -0.15) is 5.10 Å². The average molecular weight is 267 g/mol. The number of rotatable bonds is 4. The van der Waals surface area contributed by atoms with Crippen LogP contribution in [0.5, 0.6) is 0 Å². The monoisotopic (exact) mass is 266 g/mol. The van der Waals surface area contributed by atoms with Crippen molar-refractivity contribution in [2.24, 2.45) is 7.05 Å². The van der Waals surface area contributed by atoms with Crippen molar-refractivity contribution in [3.63, 3.8) is 0 Å². The molecule has 2 aromatic heterocycles. The van der Waals surface area contributed by atoms with Crippen LogP contribution in [0.15, 0.2) is 12.4 Å². The van der Waals surface area contributed by atoms with Gasteiger partial charge in [-0.15, -0.1) is 11.6 Å². The Morgan fingerprint density at radius 1 is 1.39 bits per heavy atom. The lowest BCUT2D eigenvalue weighted by Gasteiger charge is -2.06. The van der Waals surface area contributed by atoms with E-state index in [2.05, 4.69) is 17.0 Å². The quantitative estimate of drug-likeness (QED) is 0.798. The smallest absolute Gasteiger partial charge is 0.110 e. The number of imidazole rings is 1. The molecule has 1 unspecified atom stereocenters. The third-order valence-corrected chi connectivity index (χ3v) is 3.52. The van der Waals surface area contributed by atoms with Gasteiger partial charge >= 0.3 is 0 Å². The maximum absolute atomic E-state index is 6.18. The van der Waals surface area contributed by atoms with Gasteiger partial charge in [-0.1, -0.05) is 0 Å². The van der Waals surface area contributed by atoms with Crippen molar-refractivity contribution in [3.05, 3.63) is 35.2 Å². The number of halogens is 1. The number of aromatic nitrogens is 4. The van der Waals surface area contributed by atoms with E-state index >= 15 is 0 Å². The van der Waals surface area contributed by atoms with Gasteiger partial charge in [0.15, 0.2) is 0 Å². The number of aryl methyl sites for hydroxylation is 4. The molecule has 18 heavy (non-hydrogen) atoms. The molecule has 0 radical (unpaired) electrons. The minimum absolute atomic E-state index is 0.00640. The van der Waals surface area contributed by atoms with Crippen molar-refractivity contribution < 1.29 is 0 Å². The van der Waals surface area contributed by atoms with E-state index in [-0.39, 0.29) is 5.38 Å². The zero-order chi connectivity index (χ0) is 13.3. The van der Waals surface area contributed by atoms with Crippen molar-refractivity contribution in [2.75, 3.05) is 0 Å². The zero-order valence-corrected chi connectivity index (χ0v) is 12.1. The molecule has 0 spiro atoms. The number of nitrogens with zero attached hydrogens (tertiary/aromatic N) is 4. The first-order chi connectivity index (χ1) is 8.50. The predicted octanol–water partition coefficient (Wildman–Crippen LogP) is 2.78. The van der Waals surface area contributed by atoms with E-state index in [9.17, 15) is 0 Å². The van der Waals surface area contributed by atoms with Crippen molar-refractivity contribution in [3.8, 4) is 0 Å². The second-order valence-corrected chi connectivity index (χ2v) is 5.28. The number of alkyl halides is 1. The van der Waals surface area contributed by atoms with Crippen molar-refractivity contribution in [1.29, 1.82) is 0 Å². The first-order valence-electron chi connectivity index (χ1n) is 6.15. The van der Waals surface area contributed by atoms with E-state index < -0.39 is 0 Å². The van der Waals surface area contributed by atoms with Crippen LogP contribution in [-0.2, 0) is 20.0 Å². The number of hydrogen-bond donors (Lipinski definition) is 0. The summed E-state index contributed by atoms with van der Waals surface area (Å²) in [6.07, 6.45) is 4.66. The van der Waals surface area contributed by atoms with E-state index in [4.69, 9.17) is 11.6 Å². The molecule has 0 amide bonds. The fourth-order valence-corrected chi connectivity index (χ4v) is 2.66. The van der Waals surface area contributed by atoms with Gasteiger partial charge in [-0.05, 0) is 20.8 Å². The Kier molecular flexibility index (Phi) is 3.76. The molecule has 0 N–H and O–H groups in total. The van der Waals surface area contributed by atoms with Crippen LogP contribution in [0.2, 0.25) is 0 Å². The molecule has 4 nitrogen and oxygen atoms in total.